The van der Waals surface area contributed by atoms with Crippen LogP contribution in [-0.2, 0) is 0 Å². The molecule has 2 heteroatoms. The molecule has 2 rings (SSSR count). The second-order valence-corrected chi connectivity index (χ2v) is 6.40. The lowest BCUT2D eigenvalue weighted by Gasteiger charge is -2.44. The highest BCUT2D eigenvalue weighted by molar-refractivity contribution is 4.94. The van der Waals surface area contributed by atoms with Gasteiger partial charge in [-0.25, -0.2) is 0 Å². The van der Waals surface area contributed by atoms with Crippen LogP contribution in [0.2, 0.25) is 0 Å². The van der Waals surface area contributed by atoms with Crippen molar-refractivity contribution in [2.75, 3.05) is 6.54 Å². The van der Waals surface area contributed by atoms with Gasteiger partial charge in [0.1, 0.15) is 0 Å². The van der Waals surface area contributed by atoms with E-state index < -0.39 is 0 Å². The Balaban J connectivity index is 1.87. The van der Waals surface area contributed by atoms with Crippen LogP contribution in [0.4, 0.5) is 0 Å². The predicted molar refractivity (Wildman–Crippen MR) is 72.0 cm³/mol. The third-order valence-corrected chi connectivity index (χ3v) is 5.04. The Labute approximate surface area is 106 Å². The van der Waals surface area contributed by atoms with Gasteiger partial charge in [-0.05, 0) is 56.9 Å². The minimum atomic E-state index is -0.333. The van der Waals surface area contributed by atoms with Gasteiger partial charge >= 0.3 is 0 Å². The third-order valence-electron chi connectivity index (χ3n) is 5.04. The van der Waals surface area contributed by atoms with E-state index >= 15 is 0 Å². The first-order valence-electron chi connectivity index (χ1n) is 7.60. The second kappa shape index (κ2) is 5.71. The van der Waals surface area contributed by atoms with E-state index in [2.05, 4.69) is 19.2 Å². The van der Waals surface area contributed by atoms with Gasteiger partial charge in [-0.15, -0.1) is 0 Å². The zero-order valence-electron chi connectivity index (χ0n) is 11.5. The van der Waals surface area contributed by atoms with Crippen molar-refractivity contribution in [3.05, 3.63) is 0 Å². The van der Waals surface area contributed by atoms with Gasteiger partial charge in [-0.1, -0.05) is 26.7 Å². The van der Waals surface area contributed by atoms with Gasteiger partial charge in [0.25, 0.3) is 0 Å². The van der Waals surface area contributed by atoms with Crippen LogP contribution in [0.1, 0.15) is 65.2 Å². The molecule has 2 atom stereocenters. The smallest absolute Gasteiger partial charge is 0.0677 e. The molecule has 0 aromatic carbocycles. The van der Waals surface area contributed by atoms with Gasteiger partial charge in [0.15, 0.2) is 0 Å². The Hall–Kier alpha value is -0.0800. The first kappa shape index (κ1) is 13.4. The van der Waals surface area contributed by atoms with E-state index in [1.54, 1.807) is 0 Å². The maximum Gasteiger partial charge on any atom is 0.0677 e. The molecule has 0 radical (unpaired) electrons. The standard InChI is InChI=1S/C15H29NO/c1-3-16-14-7-9-15(17,10-8-14)13-6-4-5-12(2)11-13/h12-14,16-17H,3-11H2,1-2H3. The molecule has 2 N–H and O–H groups in total. The largest absolute Gasteiger partial charge is 0.390 e. The van der Waals surface area contributed by atoms with Crippen LogP contribution in [0.5, 0.6) is 0 Å². The first-order chi connectivity index (χ1) is 8.14. The molecule has 0 saturated heterocycles. The van der Waals surface area contributed by atoms with E-state index in [-0.39, 0.29) is 5.60 Å². The molecule has 0 heterocycles. The van der Waals surface area contributed by atoms with Crippen molar-refractivity contribution in [3.8, 4) is 0 Å². The normalized spacial score (nSPS) is 43.6. The zero-order chi connectivity index (χ0) is 12.3. The molecule has 2 unspecified atom stereocenters. The van der Waals surface area contributed by atoms with Crippen LogP contribution in [0.15, 0.2) is 0 Å². The quantitative estimate of drug-likeness (QED) is 0.793. The first-order valence-corrected chi connectivity index (χ1v) is 7.60. The lowest BCUT2D eigenvalue weighted by molar-refractivity contribution is -0.0717. The van der Waals surface area contributed by atoms with Crippen LogP contribution < -0.4 is 5.32 Å². The van der Waals surface area contributed by atoms with E-state index in [4.69, 9.17) is 0 Å². The highest BCUT2D eigenvalue weighted by Gasteiger charge is 2.41. The van der Waals surface area contributed by atoms with E-state index in [0.29, 0.717) is 12.0 Å². The van der Waals surface area contributed by atoms with Crippen molar-refractivity contribution in [1.82, 2.24) is 5.32 Å². The molecule has 2 aliphatic rings. The van der Waals surface area contributed by atoms with Crippen LogP contribution >= 0.6 is 0 Å². The Morgan fingerprint density at radius 2 is 1.88 bits per heavy atom. The van der Waals surface area contributed by atoms with Gasteiger partial charge in [-0.2, -0.15) is 0 Å². The molecule has 100 valence electrons. The summed E-state index contributed by atoms with van der Waals surface area (Å²) in [4.78, 5) is 0. The maximum absolute atomic E-state index is 10.9. The molecule has 0 aromatic rings. The Morgan fingerprint density at radius 1 is 1.18 bits per heavy atom. The molecular formula is C15H29NO. The average molecular weight is 239 g/mol. The van der Waals surface area contributed by atoms with Crippen molar-refractivity contribution in [2.45, 2.75) is 76.9 Å². The summed E-state index contributed by atoms with van der Waals surface area (Å²) in [6, 6.07) is 0.654. The van der Waals surface area contributed by atoms with Crippen molar-refractivity contribution in [3.63, 3.8) is 0 Å². The van der Waals surface area contributed by atoms with Crippen LogP contribution in [0, 0.1) is 11.8 Å². The maximum atomic E-state index is 10.9. The summed E-state index contributed by atoms with van der Waals surface area (Å²) in [6.07, 6.45) is 9.56. The number of rotatable bonds is 3. The molecule has 0 bridgehead atoms. The second-order valence-electron chi connectivity index (χ2n) is 6.40. The minimum Gasteiger partial charge on any atom is -0.390 e. The topological polar surface area (TPSA) is 32.3 Å². The fourth-order valence-electron chi connectivity index (χ4n) is 3.94. The van der Waals surface area contributed by atoms with Crippen molar-refractivity contribution in [1.29, 1.82) is 0 Å². The molecular weight excluding hydrogens is 210 g/mol. The predicted octanol–water partition coefficient (Wildman–Crippen LogP) is 3.10. The number of nitrogens with one attached hydrogen (secondary N) is 1. The number of aliphatic hydroxyl groups is 1. The van der Waals surface area contributed by atoms with E-state index in [1.807, 2.05) is 0 Å². The average Bonchev–Trinajstić information content (AvgIpc) is 2.33. The third kappa shape index (κ3) is 3.23. The molecule has 2 saturated carbocycles. The molecule has 0 spiro atoms. The Morgan fingerprint density at radius 3 is 2.47 bits per heavy atom. The summed E-state index contributed by atoms with van der Waals surface area (Å²) in [5.74, 6) is 1.40. The fourth-order valence-corrected chi connectivity index (χ4v) is 3.94. The van der Waals surface area contributed by atoms with Crippen LogP contribution in [0.3, 0.4) is 0 Å². The molecule has 17 heavy (non-hydrogen) atoms. The van der Waals surface area contributed by atoms with E-state index in [0.717, 1.165) is 38.1 Å². The fraction of sp³-hybridized carbons (Fsp3) is 1.00. The lowest BCUT2D eigenvalue weighted by Crippen LogP contribution is -2.47. The van der Waals surface area contributed by atoms with Crippen molar-refractivity contribution < 1.29 is 5.11 Å². The van der Waals surface area contributed by atoms with Gasteiger partial charge in [0, 0.05) is 6.04 Å². The SMILES string of the molecule is CCNC1CCC(O)(C2CCCC(C)C2)CC1. The summed E-state index contributed by atoms with van der Waals surface area (Å²) in [5, 5.41) is 14.4. The molecule has 0 aliphatic heterocycles. The summed E-state index contributed by atoms with van der Waals surface area (Å²) in [7, 11) is 0. The van der Waals surface area contributed by atoms with Gasteiger partial charge in [-0.3, -0.25) is 0 Å². The van der Waals surface area contributed by atoms with Gasteiger partial charge < -0.3 is 10.4 Å². The summed E-state index contributed by atoms with van der Waals surface area (Å²) < 4.78 is 0. The molecule has 0 amide bonds. The molecule has 0 aromatic heterocycles. The minimum absolute atomic E-state index is 0.333. The van der Waals surface area contributed by atoms with Crippen molar-refractivity contribution >= 4 is 0 Å². The number of hydrogen-bond acceptors (Lipinski definition) is 2. The Kier molecular flexibility index (Phi) is 4.48. The van der Waals surface area contributed by atoms with Crippen molar-refractivity contribution in [2.24, 2.45) is 11.8 Å². The van der Waals surface area contributed by atoms with E-state index in [9.17, 15) is 5.11 Å². The van der Waals surface area contributed by atoms with E-state index in [1.165, 1.54) is 25.7 Å². The number of hydrogen-bond donors (Lipinski definition) is 2. The monoisotopic (exact) mass is 239 g/mol. The molecule has 2 nitrogen and oxygen atoms in total. The highest BCUT2D eigenvalue weighted by atomic mass is 16.3. The highest BCUT2D eigenvalue weighted by Crippen LogP contribution is 2.43. The summed E-state index contributed by atoms with van der Waals surface area (Å²) in [5.41, 5.74) is -0.333. The van der Waals surface area contributed by atoms with Gasteiger partial charge in [0.05, 0.1) is 5.60 Å². The Bertz CT molecular complexity index is 233. The van der Waals surface area contributed by atoms with Gasteiger partial charge in [0.2, 0.25) is 0 Å². The zero-order valence-corrected chi connectivity index (χ0v) is 11.5. The lowest BCUT2D eigenvalue weighted by atomic mass is 9.67. The summed E-state index contributed by atoms with van der Waals surface area (Å²) >= 11 is 0. The molecule has 2 aliphatic carbocycles. The van der Waals surface area contributed by atoms with Crippen LogP contribution in [0.25, 0.3) is 0 Å². The molecule has 2 fully saturated rings. The summed E-state index contributed by atoms with van der Waals surface area (Å²) in [6.45, 7) is 5.58. The van der Waals surface area contributed by atoms with Crippen LogP contribution in [-0.4, -0.2) is 23.3 Å².